The lowest BCUT2D eigenvalue weighted by atomic mass is 10.1. The number of nitrogens with zero attached hydrogens (tertiary/aromatic N) is 2. The van der Waals surface area contributed by atoms with Gasteiger partial charge in [-0.05, 0) is 6.07 Å². The van der Waals surface area contributed by atoms with Gasteiger partial charge in [-0.25, -0.2) is 4.39 Å². The van der Waals surface area contributed by atoms with Crippen LogP contribution in [0.15, 0.2) is 23.9 Å². The molecular weight excluding hydrogens is 243 g/mol. The third-order valence-electron chi connectivity index (χ3n) is 2.30. The monoisotopic (exact) mass is 254 g/mol. The van der Waals surface area contributed by atoms with Crippen molar-refractivity contribution in [2.45, 2.75) is 13.8 Å². The van der Waals surface area contributed by atoms with E-state index in [1.807, 2.05) is 0 Å². The third-order valence-corrected chi connectivity index (χ3v) is 2.30. The van der Waals surface area contributed by atoms with Gasteiger partial charge in [-0.3, -0.25) is 20.2 Å². The Balaban J connectivity index is 3.31. The van der Waals surface area contributed by atoms with Gasteiger partial charge in [-0.15, -0.1) is 0 Å². The lowest BCUT2D eigenvalue weighted by Crippen LogP contribution is -2.05. The largest absolute Gasteiger partial charge is 0.270 e. The standard InChI is InChI=1S/C11H11FN2O4/c1-7(2)11(14(17)18)6-8-5-9(13(15)16)3-4-10(8)12/h3-7H,1-2H3/b11-6-. The van der Waals surface area contributed by atoms with E-state index in [0.717, 1.165) is 24.3 Å². The summed E-state index contributed by atoms with van der Waals surface area (Å²) in [6.07, 6.45) is 1.02. The van der Waals surface area contributed by atoms with Crippen molar-refractivity contribution in [1.82, 2.24) is 0 Å². The molecule has 1 rings (SSSR count). The molecule has 1 aromatic rings. The maximum absolute atomic E-state index is 13.4. The van der Waals surface area contributed by atoms with E-state index in [-0.39, 0.29) is 16.9 Å². The third kappa shape index (κ3) is 3.09. The van der Waals surface area contributed by atoms with Gasteiger partial charge in [0.05, 0.1) is 9.85 Å². The second-order valence-corrected chi connectivity index (χ2v) is 3.94. The van der Waals surface area contributed by atoms with Crippen molar-refractivity contribution < 1.29 is 14.2 Å². The van der Waals surface area contributed by atoms with Crippen LogP contribution in [0.4, 0.5) is 10.1 Å². The van der Waals surface area contributed by atoms with Crippen molar-refractivity contribution in [3.05, 3.63) is 55.5 Å². The first-order valence-electron chi connectivity index (χ1n) is 5.13. The molecule has 0 unspecified atom stereocenters. The van der Waals surface area contributed by atoms with E-state index in [9.17, 15) is 24.6 Å². The van der Waals surface area contributed by atoms with Gasteiger partial charge >= 0.3 is 0 Å². The molecule has 0 aliphatic heterocycles. The number of hydrogen-bond donors (Lipinski definition) is 0. The molecule has 0 radical (unpaired) electrons. The van der Waals surface area contributed by atoms with Crippen molar-refractivity contribution in [3.63, 3.8) is 0 Å². The summed E-state index contributed by atoms with van der Waals surface area (Å²) in [4.78, 5) is 20.0. The van der Waals surface area contributed by atoms with Gasteiger partial charge in [-0.1, -0.05) is 13.8 Å². The summed E-state index contributed by atoms with van der Waals surface area (Å²) in [5.74, 6) is -1.15. The van der Waals surface area contributed by atoms with Crippen molar-refractivity contribution in [2.24, 2.45) is 5.92 Å². The molecule has 1 aromatic carbocycles. The lowest BCUT2D eigenvalue weighted by molar-refractivity contribution is -0.431. The Labute approximate surface area is 102 Å². The number of non-ortho nitro benzene ring substituents is 1. The van der Waals surface area contributed by atoms with E-state index >= 15 is 0 Å². The summed E-state index contributed by atoms with van der Waals surface area (Å²) < 4.78 is 13.4. The zero-order valence-electron chi connectivity index (χ0n) is 9.79. The second kappa shape index (κ2) is 5.35. The molecule has 0 saturated carbocycles. The molecule has 18 heavy (non-hydrogen) atoms. The molecule has 96 valence electrons. The smallest absolute Gasteiger partial charge is 0.259 e. The Morgan fingerprint density at radius 1 is 1.33 bits per heavy atom. The fraction of sp³-hybridized carbons (Fsp3) is 0.273. The summed E-state index contributed by atoms with van der Waals surface area (Å²) in [5, 5.41) is 21.3. The van der Waals surface area contributed by atoms with E-state index in [4.69, 9.17) is 0 Å². The normalized spacial score (nSPS) is 11.7. The first kappa shape index (κ1) is 13.8. The summed E-state index contributed by atoms with van der Waals surface area (Å²) in [6.45, 7) is 3.17. The molecule has 0 aliphatic carbocycles. The van der Waals surface area contributed by atoms with Crippen molar-refractivity contribution in [2.75, 3.05) is 0 Å². The zero-order chi connectivity index (χ0) is 13.9. The molecule has 0 N–H and O–H groups in total. The van der Waals surface area contributed by atoms with Gasteiger partial charge in [0, 0.05) is 29.7 Å². The van der Waals surface area contributed by atoms with E-state index in [1.165, 1.54) is 0 Å². The number of benzene rings is 1. The number of halogens is 1. The maximum atomic E-state index is 13.4. The molecule has 0 amide bonds. The molecule has 0 aromatic heterocycles. The molecule has 6 nitrogen and oxygen atoms in total. The van der Waals surface area contributed by atoms with Gasteiger partial charge in [0.2, 0.25) is 5.70 Å². The number of nitro benzene ring substituents is 1. The Bertz CT molecular complexity index is 526. The highest BCUT2D eigenvalue weighted by Gasteiger charge is 2.18. The molecule has 0 heterocycles. The summed E-state index contributed by atoms with van der Waals surface area (Å²) in [5.41, 5.74) is -0.673. The van der Waals surface area contributed by atoms with Crippen LogP contribution in [0.1, 0.15) is 19.4 Å². The van der Waals surface area contributed by atoms with Crippen molar-refractivity contribution >= 4 is 11.8 Å². The highest BCUT2D eigenvalue weighted by Crippen LogP contribution is 2.21. The minimum atomic E-state index is -0.736. The van der Waals surface area contributed by atoms with Gasteiger partial charge < -0.3 is 0 Å². The van der Waals surface area contributed by atoms with E-state index in [2.05, 4.69) is 0 Å². The van der Waals surface area contributed by atoms with Gasteiger partial charge in [0.25, 0.3) is 5.69 Å². The second-order valence-electron chi connectivity index (χ2n) is 3.94. The van der Waals surface area contributed by atoms with Gasteiger partial charge in [0.15, 0.2) is 0 Å². The first-order chi connectivity index (χ1) is 8.32. The number of allylic oxidation sites excluding steroid dienone is 1. The van der Waals surface area contributed by atoms with Crippen molar-refractivity contribution in [1.29, 1.82) is 0 Å². The molecule has 7 heteroatoms. The van der Waals surface area contributed by atoms with Crippen LogP contribution >= 0.6 is 0 Å². The zero-order valence-corrected chi connectivity index (χ0v) is 9.79. The average Bonchev–Trinajstić information content (AvgIpc) is 2.26. The van der Waals surface area contributed by atoms with Gasteiger partial charge in [0.1, 0.15) is 5.82 Å². The molecular formula is C11H11FN2O4. The minimum Gasteiger partial charge on any atom is -0.259 e. The minimum absolute atomic E-state index is 0.162. The van der Waals surface area contributed by atoms with Crippen LogP contribution in [-0.2, 0) is 0 Å². The highest BCUT2D eigenvalue weighted by molar-refractivity contribution is 5.55. The van der Waals surface area contributed by atoms with E-state index in [0.29, 0.717) is 0 Å². The Hall–Kier alpha value is -2.31. The summed E-state index contributed by atoms with van der Waals surface area (Å²) in [6, 6.07) is 2.90. The SMILES string of the molecule is CC(C)/C(=C/c1cc([N+](=O)[O-])ccc1F)[N+](=O)[O-]. The quantitative estimate of drug-likeness (QED) is 0.610. The summed E-state index contributed by atoms with van der Waals surface area (Å²) >= 11 is 0. The lowest BCUT2D eigenvalue weighted by Gasteiger charge is -2.02. The van der Waals surface area contributed by atoms with E-state index in [1.54, 1.807) is 13.8 Å². The van der Waals surface area contributed by atoms with Crippen LogP contribution in [0, 0.1) is 32.0 Å². The topological polar surface area (TPSA) is 86.3 Å². The van der Waals surface area contributed by atoms with Crippen LogP contribution in [-0.4, -0.2) is 9.85 Å². The van der Waals surface area contributed by atoms with Crippen LogP contribution in [0.2, 0.25) is 0 Å². The maximum Gasteiger partial charge on any atom is 0.270 e. The number of nitro groups is 2. The molecule has 0 spiro atoms. The van der Waals surface area contributed by atoms with Crippen LogP contribution < -0.4 is 0 Å². The first-order valence-corrected chi connectivity index (χ1v) is 5.13. The summed E-state index contributed by atoms with van der Waals surface area (Å²) in [7, 11) is 0. The number of hydrogen-bond acceptors (Lipinski definition) is 4. The highest BCUT2D eigenvalue weighted by atomic mass is 19.1. The molecule has 0 fully saturated rings. The van der Waals surface area contributed by atoms with Crippen LogP contribution in [0.25, 0.3) is 6.08 Å². The predicted octanol–water partition coefficient (Wildman–Crippen LogP) is 3.01. The average molecular weight is 254 g/mol. The fourth-order valence-electron chi connectivity index (χ4n) is 1.34. The number of rotatable bonds is 4. The fourth-order valence-corrected chi connectivity index (χ4v) is 1.34. The molecule has 0 bridgehead atoms. The van der Waals surface area contributed by atoms with Gasteiger partial charge in [-0.2, -0.15) is 0 Å². The Morgan fingerprint density at radius 3 is 2.39 bits per heavy atom. The predicted molar refractivity (Wildman–Crippen MR) is 62.9 cm³/mol. The van der Waals surface area contributed by atoms with Crippen molar-refractivity contribution in [3.8, 4) is 0 Å². The Kier molecular flexibility index (Phi) is 4.09. The van der Waals surface area contributed by atoms with Crippen LogP contribution in [0.3, 0.4) is 0 Å². The Morgan fingerprint density at radius 2 is 1.94 bits per heavy atom. The van der Waals surface area contributed by atoms with Crippen LogP contribution in [0.5, 0.6) is 0 Å². The van der Waals surface area contributed by atoms with E-state index < -0.39 is 21.6 Å². The molecule has 0 saturated heterocycles. The molecule has 0 atom stereocenters. The molecule has 0 aliphatic rings.